The molecule has 0 radical (unpaired) electrons. The largest absolute Gasteiger partial charge is 0.295 e. The normalized spacial score (nSPS) is 13.9. The number of rotatable bonds is 3. The van der Waals surface area contributed by atoms with Crippen LogP contribution in [0.3, 0.4) is 0 Å². The molecule has 0 heterocycles. The molecule has 0 aliphatic rings. The van der Waals surface area contributed by atoms with Crippen LogP contribution in [0, 0.1) is 0 Å². The molecule has 3 nitrogen and oxygen atoms in total. The zero-order valence-corrected chi connectivity index (χ0v) is 11.4. The molecular weight excluding hydrogens is 234 g/mol. The Bertz CT molecular complexity index is 455. The van der Waals surface area contributed by atoms with Crippen LogP contribution in [0.15, 0.2) is 28.7 Å². The van der Waals surface area contributed by atoms with Gasteiger partial charge in [-0.05, 0) is 33.3 Å². The summed E-state index contributed by atoms with van der Waals surface area (Å²) in [4.78, 5) is 11.1. The van der Waals surface area contributed by atoms with Gasteiger partial charge in [-0.3, -0.25) is 4.79 Å². The molecule has 1 atom stereocenters. The topological polar surface area (TPSA) is 46.5 Å². The van der Waals surface area contributed by atoms with Gasteiger partial charge in [0.25, 0.3) is 0 Å². The lowest BCUT2D eigenvalue weighted by Gasteiger charge is -2.12. The Morgan fingerprint density at radius 1 is 1.24 bits per heavy atom. The number of ketones is 1. The SMILES string of the molecule is CC(=O)c1ccc(C=NS(=O)C(C)(C)C)cc1. The smallest absolute Gasteiger partial charge is 0.159 e. The lowest BCUT2D eigenvalue weighted by Crippen LogP contribution is -2.19. The summed E-state index contributed by atoms with van der Waals surface area (Å²) in [6, 6.07) is 7.06. The molecule has 0 N–H and O–H groups in total. The first kappa shape index (κ1) is 13.8. The zero-order chi connectivity index (χ0) is 13.1. The van der Waals surface area contributed by atoms with Gasteiger partial charge in [0, 0.05) is 11.8 Å². The molecule has 0 aliphatic heterocycles. The minimum absolute atomic E-state index is 0.0340. The molecule has 1 aromatic rings. The molecule has 0 saturated heterocycles. The molecule has 1 aromatic carbocycles. The van der Waals surface area contributed by atoms with E-state index in [1.807, 2.05) is 20.8 Å². The van der Waals surface area contributed by atoms with Crippen molar-refractivity contribution >= 4 is 23.0 Å². The molecule has 0 amide bonds. The highest BCUT2D eigenvalue weighted by Crippen LogP contribution is 2.12. The summed E-state index contributed by atoms with van der Waals surface area (Å²) in [7, 11) is -1.25. The zero-order valence-electron chi connectivity index (χ0n) is 10.6. The molecule has 1 rings (SSSR count). The van der Waals surface area contributed by atoms with Crippen LogP contribution < -0.4 is 0 Å². The van der Waals surface area contributed by atoms with Gasteiger partial charge >= 0.3 is 0 Å². The van der Waals surface area contributed by atoms with E-state index in [4.69, 9.17) is 0 Å². The van der Waals surface area contributed by atoms with Crippen molar-refractivity contribution < 1.29 is 9.00 Å². The molecule has 4 heteroatoms. The van der Waals surface area contributed by atoms with Gasteiger partial charge in [-0.2, -0.15) is 4.40 Å². The fourth-order valence-electron chi connectivity index (χ4n) is 1.07. The van der Waals surface area contributed by atoms with Gasteiger partial charge in [-0.15, -0.1) is 0 Å². The van der Waals surface area contributed by atoms with Gasteiger partial charge in [-0.25, -0.2) is 4.21 Å². The molecule has 0 aliphatic carbocycles. The van der Waals surface area contributed by atoms with Crippen LogP contribution in [0.1, 0.15) is 43.6 Å². The maximum atomic E-state index is 11.7. The predicted octanol–water partition coefficient (Wildman–Crippen LogP) is 2.77. The van der Waals surface area contributed by atoms with E-state index in [9.17, 15) is 9.00 Å². The summed E-state index contributed by atoms with van der Waals surface area (Å²) < 4.78 is 15.3. The molecular formula is C13H17NO2S. The van der Waals surface area contributed by atoms with Gasteiger partial charge in [0.2, 0.25) is 0 Å². The van der Waals surface area contributed by atoms with Crippen molar-refractivity contribution in [2.75, 3.05) is 0 Å². The van der Waals surface area contributed by atoms with Crippen molar-refractivity contribution in [1.29, 1.82) is 0 Å². The predicted molar refractivity (Wildman–Crippen MR) is 71.9 cm³/mol. The van der Waals surface area contributed by atoms with Crippen LogP contribution in [-0.4, -0.2) is 21.0 Å². The molecule has 0 aromatic heterocycles. The van der Waals surface area contributed by atoms with Gasteiger partial charge in [0.15, 0.2) is 5.78 Å². The Morgan fingerprint density at radius 2 is 1.76 bits per heavy atom. The van der Waals surface area contributed by atoms with Crippen molar-refractivity contribution in [3.05, 3.63) is 35.4 Å². The molecule has 1 unspecified atom stereocenters. The lowest BCUT2D eigenvalue weighted by molar-refractivity contribution is 0.101. The van der Waals surface area contributed by atoms with Gasteiger partial charge in [0.1, 0.15) is 11.0 Å². The summed E-state index contributed by atoms with van der Waals surface area (Å²) in [5.41, 5.74) is 1.51. The molecule has 0 spiro atoms. The number of benzene rings is 1. The van der Waals surface area contributed by atoms with E-state index in [0.29, 0.717) is 5.56 Å². The third-order valence-electron chi connectivity index (χ3n) is 2.14. The first-order chi connectivity index (χ1) is 7.80. The fraction of sp³-hybridized carbons (Fsp3) is 0.385. The number of Topliss-reactive ketones (excluding diaryl/α,β-unsaturated/α-hetero) is 1. The number of carbonyl (C=O) groups excluding carboxylic acids is 1. The first-order valence-corrected chi connectivity index (χ1v) is 6.48. The number of hydrogen-bond acceptors (Lipinski definition) is 2. The van der Waals surface area contributed by atoms with Gasteiger partial charge in [-0.1, -0.05) is 24.3 Å². The minimum atomic E-state index is -1.25. The number of carbonyl (C=O) groups is 1. The Balaban J connectivity index is 2.80. The fourth-order valence-corrected chi connectivity index (χ4v) is 1.60. The molecule has 92 valence electrons. The Labute approximate surface area is 105 Å². The number of nitrogens with zero attached hydrogens (tertiary/aromatic N) is 1. The van der Waals surface area contributed by atoms with E-state index >= 15 is 0 Å². The maximum absolute atomic E-state index is 11.7. The Hall–Kier alpha value is -1.29. The van der Waals surface area contributed by atoms with Gasteiger partial charge in [0.05, 0.1) is 4.75 Å². The first-order valence-electron chi connectivity index (χ1n) is 5.38. The second-order valence-electron chi connectivity index (χ2n) is 4.77. The van der Waals surface area contributed by atoms with E-state index in [-0.39, 0.29) is 10.5 Å². The molecule has 17 heavy (non-hydrogen) atoms. The van der Waals surface area contributed by atoms with Crippen LogP contribution in [0.2, 0.25) is 0 Å². The van der Waals surface area contributed by atoms with Crippen molar-refractivity contribution in [2.45, 2.75) is 32.4 Å². The summed E-state index contributed by atoms with van der Waals surface area (Å²) in [6.45, 7) is 7.15. The third kappa shape index (κ3) is 4.23. The summed E-state index contributed by atoms with van der Waals surface area (Å²) in [5, 5.41) is 0. The summed E-state index contributed by atoms with van der Waals surface area (Å²) >= 11 is 0. The average molecular weight is 251 g/mol. The molecule has 0 saturated carbocycles. The van der Waals surface area contributed by atoms with Gasteiger partial charge < -0.3 is 0 Å². The van der Waals surface area contributed by atoms with Crippen molar-refractivity contribution in [1.82, 2.24) is 0 Å². The van der Waals surface area contributed by atoms with E-state index in [1.54, 1.807) is 30.5 Å². The number of hydrogen-bond donors (Lipinski definition) is 0. The van der Waals surface area contributed by atoms with Crippen LogP contribution in [0.5, 0.6) is 0 Å². The van der Waals surface area contributed by atoms with Crippen LogP contribution in [0.25, 0.3) is 0 Å². The average Bonchev–Trinajstić information content (AvgIpc) is 2.25. The summed E-state index contributed by atoms with van der Waals surface area (Å²) in [5.74, 6) is 0.0340. The van der Waals surface area contributed by atoms with E-state index in [0.717, 1.165) is 5.56 Å². The Morgan fingerprint density at radius 3 is 2.18 bits per heavy atom. The standard InChI is InChI=1S/C13H17NO2S/c1-10(15)12-7-5-11(6-8-12)9-14-17(16)13(2,3)4/h5-9H,1-4H3. The monoisotopic (exact) mass is 251 g/mol. The second kappa shape index (κ2) is 5.36. The van der Waals surface area contributed by atoms with Crippen molar-refractivity contribution in [3.8, 4) is 0 Å². The van der Waals surface area contributed by atoms with E-state index < -0.39 is 11.0 Å². The highest BCUT2D eigenvalue weighted by atomic mass is 32.2. The van der Waals surface area contributed by atoms with Crippen LogP contribution in [0.4, 0.5) is 0 Å². The lowest BCUT2D eigenvalue weighted by atomic mass is 10.1. The maximum Gasteiger partial charge on any atom is 0.159 e. The summed E-state index contributed by atoms with van der Waals surface area (Å²) in [6.07, 6.45) is 1.57. The second-order valence-corrected chi connectivity index (χ2v) is 6.71. The quantitative estimate of drug-likeness (QED) is 0.612. The van der Waals surface area contributed by atoms with Crippen LogP contribution >= 0.6 is 0 Å². The Kier molecular flexibility index (Phi) is 4.34. The highest BCUT2D eigenvalue weighted by molar-refractivity contribution is 7.85. The molecule has 0 fully saturated rings. The highest BCUT2D eigenvalue weighted by Gasteiger charge is 2.17. The van der Waals surface area contributed by atoms with E-state index in [1.165, 1.54) is 6.92 Å². The van der Waals surface area contributed by atoms with Crippen LogP contribution in [-0.2, 0) is 11.0 Å². The van der Waals surface area contributed by atoms with E-state index in [2.05, 4.69) is 4.40 Å². The van der Waals surface area contributed by atoms with Crippen molar-refractivity contribution in [3.63, 3.8) is 0 Å². The third-order valence-corrected chi connectivity index (χ3v) is 3.48. The molecule has 0 bridgehead atoms. The minimum Gasteiger partial charge on any atom is -0.295 e. The van der Waals surface area contributed by atoms with Crippen molar-refractivity contribution in [2.24, 2.45) is 4.40 Å².